The highest BCUT2D eigenvalue weighted by Crippen LogP contribution is 2.28. The van der Waals surface area contributed by atoms with Crippen molar-refractivity contribution in [3.63, 3.8) is 0 Å². The molecule has 0 saturated carbocycles. The summed E-state index contributed by atoms with van der Waals surface area (Å²) >= 11 is 1.74. The molecule has 1 fully saturated rings. The molecule has 0 bridgehead atoms. The van der Waals surface area contributed by atoms with Gasteiger partial charge in [-0.15, -0.1) is 11.8 Å². The second-order valence-corrected chi connectivity index (χ2v) is 4.57. The van der Waals surface area contributed by atoms with Gasteiger partial charge in [0.2, 0.25) is 0 Å². The maximum absolute atomic E-state index is 6.02. The first-order valence-electron chi connectivity index (χ1n) is 5.40. The molecule has 1 aliphatic heterocycles. The Balaban J connectivity index is 2.02. The van der Waals surface area contributed by atoms with Crippen molar-refractivity contribution >= 4 is 11.8 Å². The fourth-order valence-corrected chi connectivity index (χ4v) is 2.34. The molecule has 1 aromatic rings. The van der Waals surface area contributed by atoms with E-state index in [1.165, 1.54) is 4.90 Å². The first-order chi connectivity index (χ1) is 7.40. The van der Waals surface area contributed by atoms with Gasteiger partial charge in [0, 0.05) is 4.90 Å². The van der Waals surface area contributed by atoms with Crippen LogP contribution >= 0.6 is 11.8 Å². The molecule has 0 spiro atoms. The Hall–Kier alpha value is -0.670. The van der Waals surface area contributed by atoms with E-state index in [-0.39, 0.29) is 0 Å². The molecule has 2 rings (SSSR count). The fraction of sp³-hybridized carbons (Fsp3) is 0.500. The Bertz CT molecular complexity index is 310. The molecule has 0 aromatic heterocycles. The van der Waals surface area contributed by atoms with Crippen molar-refractivity contribution in [3.05, 3.63) is 24.3 Å². The molecule has 0 amide bonds. The predicted molar refractivity (Wildman–Crippen MR) is 64.7 cm³/mol. The van der Waals surface area contributed by atoms with E-state index < -0.39 is 0 Å². The summed E-state index contributed by atoms with van der Waals surface area (Å²) in [6.45, 7) is 2.15. The Morgan fingerprint density at radius 3 is 2.73 bits per heavy atom. The fourth-order valence-electron chi connectivity index (χ4n) is 1.81. The molecule has 82 valence electrons. The minimum Gasteiger partial charge on any atom is -0.489 e. The zero-order valence-electron chi connectivity index (χ0n) is 9.03. The van der Waals surface area contributed by atoms with Gasteiger partial charge in [-0.05, 0) is 44.3 Å². The van der Waals surface area contributed by atoms with E-state index in [0.29, 0.717) is 6.10 Å². The molecule has 0 unspecified atom stereocenters. The number of ether oxygens (including phenoxy) is 1. The lowest BCUT2D eigenvalue weighted by Crippen LogP contribution is -2.34. The molecule has 1 saturated heterocycles. The SMILES string of the molecule is CSc1ccccc1OC1CCNCC1. The van der Waals surface area contributed by atoms with Crippen LogP contribution < -0.4 is 10.1 Å². The third-order valence-corrected chi connectivity index (χ3v) is 3.43. The lowest BCUT2D eigenvalue weighted by molar-refractivity contribution is 0.158. The number of piperidine rings is 1. The van der Waals surface area contributed by atoms with Crippen LogP contribution in [0.3, 0.4) is 0 Å². The van der Waals surface area contributed by atoms with Crippen molar-refractivity contribution < 1.29 is 4.74 Å². The maximum atomic E-state index is 6.02. The topological polar surface area (TPSA) is 21.3 Å². The van der Waals surface area contributed by atoms with E-state index >= 15 is 0 Å². The lowest BCUT2D eigenvalue weighted by atomic mass is 10.1. The average Bonchev–Trinajstić information content (AvgIpc) is 2.31. The van der Waals surface area contributed by atoms with E-state index in [9.17, 15) is 0 Å². The van der Waals surface area contributed by atoms with Crippen LogP contribution in [0.2, 0.25) is 0 Å². The number of nitrogens with one attached hydrogen (secondary N) is 1. The molecular weight excluding hydrogens is 206 g/mol. The van der Waals surface area contributed by atoms with E-state index in [4.69, 9.17) is 4.74 Å². The highest BCUT2D eigenvalue weighted by atomic mass is 32.2. The Morgan fingerprint density at radius 2 is 2.00 bits per heavy atom. The zero-order valence-corrected chi connectivity index (χ0v) is 9.85. The summed E-state index contributed by atoms with van der Waals surface area (Å²) in [5.41, 5.74) is 0. The number of thioether (sulfide) groups is 1. The summed E-state index contributed by atoms with van der Waals surface area (Å²) in [4.78, 5) is 1.23. The van der Waals surface area contributed by atoms with E-state index in [0.717, 1.165) is 31.7 Å². The molecule has 1 N–H and O–H groups in total. The van der Waals surface area contributed by atoms with Gasteiger partial charge in [0.25, 0.3) is 0 Å². The van der Waals surface area contributed by atoms with Crippen LogP contribution in [0.5, 0.6) is 5.75 Å². The number of para-hydroxylation sites is 1. The van der Waals surface area contributed by atoms with Crippen LogP contribution in [-0.2, 0) is 0 Å². The Morgan fingerprint density at radius 1 is 1.27 bits per heavy atom. The number of benzene rings is 1. The van der Waals surface area contributed by atoms with Gasteiger partial charge in [-0.1, -0.05) is 12.1 Å². The number of hydrogen-bond acceptors (Lipinski definition) is 3. The van der Waals surface area contributed by atoms with Crippen LogP contribution in [0, 0.1) is 0 Å². The van der Waals surface area contributed by atoms with E-state index in [1.54, 1.807) is 11.8 Å². The van der Waals surface area contributed by atoms with E-state index in [1.807, 2.05) is 6.07 Å². The predicted octanol–water partition coefficient (Wildman–Crippen LogP) is 2.54. The lowest BCUT2D eigenvalue weighted by Gasteiger charge is -2.24. The summed E-state index contributed by atoms with van der Waals surface area (Å²) < 4.78 is 6.02. The van der Waals surface area contributed by atoms with Crippen molar-refractivity contribution in [3.8, 4) is 5.75 Å². The quantitative estimate of drug-likeness (QED) is 0.796. The van der Waals surface area contributed by atoms with Crippen LogP contribution in [-0.4, -0.2) is 25.4 Å². The summed E-state index contributed by atoms with van der Waals surface area (Å²) in [5.74, 6) is 1.04. The van der Waals surface area contributed by atoms with Gasteiger partial charge in [0.1, 0.15) is 11.9 Å². The molecule has 1 heterocycles. The van der Waals surface area contributed by atoms with Gasteiger partial charge < -0.3 is 10.1 Å². The third kappa shape index (κ3) is 2.89. The second-order valence-electron chi connectivity index (χ2n) is 3.72. The van der Waals surface area contributed by atoms with Gasteiger partial charge in [-0.3, -0.25) is 0 Å². The minimum absolute atomic E-state index is 0.388. The largest absolute Gasteiger partial charge is 0.489 e. The molecule has 1 aromatic carbocycles. The van der Waals surface area contributed by atoms with Gasteiger partial charge in [-0.2, -0.15) is 0 Å². The smallest absolute Gasteiger partial charge is 0.133 e. The third-order valence-electron chi connectivity index (χ3n) is 2.65. The molecular formula is C12H17NOS. The van der Waals surface area contributed by atoms with Crippen LogP contribution in [0.4, 0.5) is 0 Å². The van der Waals surface area contributed by atoms with Gasteiger partial charge >= 0.3 is 0 Å². The number of hydrogen-bond donors (Lipinski definition) is 1. The van der Waals surface area contributed by atoms with E-state index in [2.05, 4.69) is 29.8 Å². The van der Waals surface area contributed by atoms with Gasteiger partial charge in [-0.25, -0.2) is 0 Å². The maximum Gasteiger partial charge on any atom is 0.133 e. The molecule has 0 radical (unpaired) electrons. The van der Waals surface area contributed by atoms with Crippen molar-refractivity contribution in [2.24, 2.45) is 0 Å². The van der Waals surface area contributed by atoms with Gasteiger partial charge in [0.05, 0.1) is 0 Å². The Labute approximate surface area is 95.4 Å². The van der Waals surface area contributed by atoms with Crippen molar-refractivity contribution in [2.75, 3.05) is 19.3 Å². The molecule has 2 nitrogen and oxygen atoms in total. The second kappa shape index (κ2) is 5.42. The summed E-state index contributed by atoms with van der Waals surface area (Å²) in [6.07, 6.45) is 4.70. The summed E-state index contributed by atoms with van der Waals surface area (Å²) in [7, 11) is 0. The highest BCUT2D eigenvalue weighted by Gasteiger charge is 2.15. The highest BCUT2D eigenvalue weighted by molar-refractivity contribution is 7.98. The zero-order chi connectivity index (χ0) is 10.5. The number of rotatable bonds is 3. The first-order valence-corrected chi connectivity index (χ1v) is 6.63. The van der Waals surface area contributed by atoms with Crippen molar-refractivity contribution in [1.29, 1.82) is 0 Å². The molecule has 3 heteroatoms. The van der Waals surface area contributed by atoms with Crippen LogP contribution in [0.15, 0.2) is 29.2 Å². The summed E-state index contributed by atoms with van der Waals surface area (Å²) in [5, 5.41) is 3.34. The van der Waals surface area contributed by atoms with Crippen molar-refractivity contribution in [2.45, 2.75) is 23.8 Å². The van der Waals surface area contributed by atoms with Crippen LogP contribution in [0.25, 0.3) is 0 Å². The molecule has 0 aliphatic carbocycles. The monoisotopic (exact) mass is 223 g/mol. The van der Waals surface area contributed by atoms with Crippen LogP contribution in [0.1, 0.15) is 12.8 Å². The first kappa shape index (κ1) is 10.8. The average molecular weight is 223 g/mol. The molecule has 1 aliphatic rings. The minimum atomic E-state index is 0.388. The molecule has 0 atom stereocenters. The standard InChI is InChI=1S/C12H17NOS/c1-15-12-5-3-2-4-11(12)14-10-6-8-13-9-7-10/h2-5,10,13H,6-9H2,1H3. The molecule has 15 heavy (non-hydrogen) atoms. The summed E-state index contributed by atoms with van der Waals surface area (Å²) in [6, 6.07) is 8.27. The normalized spacial score (nSPS) is 17.7. The Kier molecular flexibility index (Phi) is 3.92. The van der Waals surface area contributed by atoms with Gasteiger partial charge in [0.15, 0.2) is 0 Å². The van der Waals surface area contributed by atoms with Crippen molar-refractivity contribution in [1.82, 2.24) is 5.32 Å².